The van der Waals surface area contributed by atoms with Crippen molar-refractivity contribution in [2.75, 3.05) is 5.32 Å². The molecule has 0 atom stereocenters. The fourth-order valence-corrected chi connectivity index (χ4v) is 2.56. The van der Waals surface area contributed by atoms with Crippen LogP contribution in [-0.4, -0.2) is 17.9 Å². The summed E-state index contributed by atoms with van der Waals surface area (Å²) < 4.78 is 11.0. The van der Waals surface area contributed by atoms with Gasteiger partial charge in [-0.3, -0.25) is 9.59 Å². The summed E-state index contributed by atoms with van der Waals surface area (Å²) >= 11 is 0. The maximum Gasteiger partial charge on any atom is 0.291 e. The van der Waals surface area contributed by atoms with E-state index in [2.05, 4.69) is 10.6 Å². The SMILES string of the molecule is CC(C)NC(=O)c1ccc(NC(=O)c2occc2COc2ccccc2)cc1. The van der Waals surface area contributed by atoms with Gasteiger partial charge in [-0.15, -0.1) is 0 Å². The van der Waals surface area contributed by atoms with E-state index < -0.39 is 0 Å². The number of rotatable bonds is 7. The second-order valence-electron chi connectivity index (χ2n) is 6.54. The standard InChI is InChI=1S/C22H22N2O4/c1-15(2)23-21(25)16-8-10-18(11-9-16)24-22(26)20-17(12-13-27-20)14-28-19-6-4-3-5-7-19/h3-13,15H,14H2,1-2H3,(H,23,25)(H,24,26). The Hall–Kier alpha value is -3.54. The summed E-state index contributed by atoms with van der Waals surface area (Å²) in [5, 5.41) is 5.59. The van der Waals surface area contributed by atoms with Crippen LogP contribution in [0.4, 0.5) is 5.69 Å². The van der Waals surface area contributed by atoms with Gasteiger partial charge in [0.2, 0.25) is 0 Å². The van der Waals surface area contributed by atoms with Crippen LogP contribution < -0.4 is 15.4 Å². The molecule has 28 heavy (non-hydrogen) atoms. The van der Waals surface area contributed by atoms with Crippen molar-refractivity contribution in [3.05, 3.63) is 83.8 Å². The van der Waals surface area contributed by atoms with E-state index in [0.29, 0.717) is 22.6 Å². The van der Waals surface area contributed by atoms with Crippen LogP contribution in [0.25, 0.3) is 0 Å². The van der Waals surface area contributed by atoms with Crippen LogP contribution in [0.3, 0.4) is 0 Å². The molecule has 0 aliphatic heterocycles. The second-order valence-corrected chi connectivity index (χ2v) is 6.54. The average Bonchev–Trinajstić information content (AvgIpc) is 3.16. The molecule has 0 spiro atoms. The third-order valence-electron chi connectivity index (χ3n) is 3.92. The van der Waals surface area contributed by atoms with Gasteiger partial charge in [0.15, 0.2) is 5.76 Å². The molecule has 2 amide bonds. The Morgan fingerprint density at radius 3 is 2.36 bits per heavy atom. The van der Waals surface area contributed by atoms with Gasteiger partial charge in [0.25, 0.3) is 11.8 Å². The predicted molar refractivity (Wildman–Crippen MR) is 106 cm³/mol. The largest absolute Gasteiger partial charge is 0.489 e. The normalized spacial score (nSPS) is 10.5. The zero-order chi connectivity index (χ0) is 19.9. The van der Waals surface area contributed by atoms with Crippen LogP contribution in [0.1, 0.15) is 40.3 Å². The molecule has 0 saturated carbocycles. The van der Waals surface area contributed by atoms with E-state index in [1.165, 1.54) is 6.26 Å². The molecule has 0 aliphatic rings. The van der Waals surface area contributed by atoms with E-state index >= 15 is 0 Å². The highest BCUT2D eigenvalue weighted by Crippen LogP contribution is 2.18. The van der Waals surface area contributed by atoms with E-state index in [1.807, 2.05) is 44.2 Å². The first-order valence-corrected chi connectivity index (χ1v) is 8.99. The zero-order valence-corrected chi connectivity index (χ0v) is 15.8. The van der Waals surface area contributed by atoms with Gasteiger partial charge in [-0.05, 0) is 56.3 Å². The molecule has 0 fully saturated rings. The second kappa shape index (κ2) is 8.90. The maximum absolute atomic E-state index is 12.5. The lowest BCUT2D eigenvalue weighted by molar-refractivity contribution is 0.0942. The summed E-state index contributed by atoms with van der Waals surface area (Å²) in [4.78, 5) is 24.5. The molecule has 144 valence electrons. The highest BCUT2D eigenvalue weighted by molar-refractivity contribution is 6.03. The number of para-hydroxylation sites is 1. The number of benzene rings is 2. The fraction of sp³-hybridized carbons (Fsp3) is 0.182. The molecule has 0 radical (unpaired) electrons. The lowest BCUT2D eigenvalue weighted by atomic mass is 10.1. The molecule has 2 aromatic carbocycles. The number of anilines is 1. The number of amides is 2. The van der Waals surface area contributed by atoms with E-state index in [-0.39, 0.29) is 30.2 Å². The number of furan rings is 1. The fourth-order valence-electron chi connectivity index (χ4n) is 2.56. The Bertz CT molecular complexity index is 931. The number of hydrogen-bond acceptors (Lipinski definition) is 4. The number of nitrogens with one attached hydrogen (secondary N) is 2. The van der Waals surface area contributed by atoms with Crippen molar-refractivity contribution in [2.24, 2.45) is 0 Å². The topological polar surface area (TPSA) is 80.6 Å². The number of ether oxygens (including phenoxy) is 1. The number of carbonyl (C=O) groups is 2. The first kappa shape index (κ1) is 19.2. The molecule has 6 heteroatoms. The lowest BCUT2D eigenvalue weighted by Crippen LogP contribution is -2.30. The highest BCUT2D eigenvalue weighted by Gasteiger charge is 2.16. The summed E-state index contributed by atoms with van der Waals surface area (Å²) in [6, 6.07) is 17.8. The first-order valence-electron chi connectivity index (χ1n) is 8.99. The summed E-state index contributed by atoms with van der Waals surface area (Å²) in [7, 11) is 0. The van der Waals surface area contributed by atoms with Crippen molar-refractivity contribution >= 4 is 17.5 Å². The minimum Gasteiger partial charge on any atom is -0.489 e. The van der Waals surface area contributed by atoms with Gasteiger partial charge < -0.3 is 19.8 Å². The third kappa shape index (κ3) is 5.01. The van der Waals surface area contributed by atoms with E-state index in [4.69, 9.17) is 9.15 Å². The van der Waals surface area contributed by atoms with Gasteiger partial charge in [-0.25, -0.2) is 0 Å². The predicted octanol–water partition coefficient (Wildman–Crippen LogP) is 4.25. The molecular formula is C22H22N2O4. The molecule has 0 aliphatic carbocycles. The Morgan fingerprint density at radius 1 is 0.964 bits per heavy atom. The van der Waals surface area contributed by atoms with Gasteiger partial charge in [-0.1, -0.05) is 18.2 Å². The molecule has 6 nitrogen and oxygen atoms in total. The summed E-state index contributed by atoms with van der Waals surface area (Å²) in [6.45, 7) is 4.02. The highest BCUT2D eigenvalue weighted by atomic mass is 16.5. The summed E-state index contributed by atoms with van der Waals surface area (Å²) in [6.07, 6.45) is 1.46. The van der Waals surface area contributed by atoms with Crippen LogP contribution in [0, 0.1) is 0 Å². The summed E-state index contributed by atoms with van der Waals surface area (Å²) in [5.74, 6) is 0.373. The van der Waals surface area contributed by atoms with Crippen molar-refractivity contribution in [1.82, 2.24) is 5.32 Å². The van der Waals surface area contributed by atoms with Gasteiger partial charge in [0, 0.05) is 22.9 Å². The minimum atomic E-state index is -0.379. The minimum absolute atomic E-state index is 0.0577. The van der Waals surface area contributed by atoms with Crippen LogP contribution in [0.2, 0.25) is 0 Å². The number of carbonyl (C=O) groups excluding carboxylic acids is 2. The van der Waals surface area contributed by atoms with E-state index in [9.17, 15) is 9.59 Å². The Balaban J connectivity index is 1.62. The van der Waals surface area contributed by atoms with E-state index in [0.717, 1.165) is 0 Å². The quantitative estimate of drug-likeness (QED) is 0.644. The molecule has 1 aromatic heterocycles. The van der Waals surface area contributed by atoms with Gasteiger partial charge in [0.05, 0.1) is 6.26 Å². The molecular weight excluding hydrogens is 356 g/mol. The maximum atomic E-state index is 12.5. The molecule has 0 unspecified atom stereocenters. The Kier molecular flexibility index (Phi) is 6.11. The van der Waals surface area contributed by atoms with Crippen LogP contribution >= 0.6 is 0 Å². The lowest BCUT2D eigenvalue weighted by Gasteiger charge is -2.09. The molecule has 3 aromatic rings. The van der Waals surface area contributed by atoms with Crippen molar-refractivity contribution in [1.29, 1.82) is 0 Å². The van der Waals surface area contributed by atoms with Crippen molar-refractivity contribution in [3.8, 4) is 5.75 Å². The molecule has 2 N–H and O–H groups in total. The average molecular weight is 378 g/mol. The monoisotopic (exact) mass is 378 g/mol. The zero-order valence-electron chi connectivity index (χ0n) is 15.8. The molecule has 1 heterocycles. The third-order valence-corrected chi connectivity index (χ3v) is 3.92. The van der Waals surface area contributed by atoms with Crippen LogP contribution in [-0.2, 0) is 6.61 Å². The van der Waals surface area contributed by atoms with Crippen molar-refractivity contribution in [2.45, 2.75) is 26.5 Å². The molecule has 0 bridgehead atoms. The Morgan fingerprint density at radius 2 is 1.68 bits per heavy atom. The van der Waals surface area contributed by atoms with Crippen LogP contribution in [0.15, 0.2) is 71.3 Å². The molecule has 3 rings (SSSR count). The van der Waals surface area contributed by atoms with Crippen molar-refractivity contribution in [3.63, 3.8) is 0 Å². The first-order chi connectivity index (χ1) is 13.5. The smallest absolute Gasteiger partial charge is 0.291 e. The van der Waals surface area contributed by atoms with E-state index in [1.54, 1.807) is 30.3 Å². The van der Waals surface area contributed by atoms with Gasteiger partial charge in [-0.2, -0.15) is 0 Å². The van der Waals surface area contributed by atoms with Crippen molar-refractivity contribution < 1.29 is 18.7 Å². The van der Waals surface area contributed by atoms with Gasteiger partial charge >= 0.3 is 0 Å². The number of hydrogen-bond donors (Lipinski definition) is 2. The van der Waals surface area contributed by atoms with Gasteiger partial charge in [0.1, 0.15) is 12.4 Å². The summed E-state index contributed by atoms with van der Waals surface area (Å²) in [5.41, 5.74) is 1.74. The molecule has 0 saturated heterocycles. The van der Waals surface area contributed by atoms with Crippen LogP contribution in [0.5, 0.6) is 5.75 Å². The Labute approximate surface area is 163 Å².